The fourth-order valence-corrected chi connectivity index (χ4v) is 1.92. The van der Waals surface area contributed by atoms with E-state index in [1.54, 1.807) is 41.9 Å². The maximum Gasteiger partial charge on any atom is 0.236 e. The van der Waals surface area contributed by atoms with Crippen LogP contribution in [0.5, 0.6) is 0 Å². The number of Topliss-reactive ketones (excluding diaryl/α,β-unsaturated/α-hetero) is 2. The van der Waals surface area contributed by atoms with Crippen molar-refractivity contribution in [1.29, 1.82) is 0 Å². The molecule has 0 N–H and O–H groups in total. The van der Waals surface area contributed by atoms with Gasteiger partial charge in [0.05, 0.1) is 23.5 Å². The molecule has 0 aliphatic heterocycles. The molecular formula is C16H22N4O4. The van der Waals surface area contributed by atoms with Crippen LogP contribution in [-0.4, -0.2) is 45.3 Å². The number of aromatic nitrogens is 4. The van der Waals surface area contributed by atoms with Crippen LogP contribution in [0.1, 0.15) is 48.4 Å². The van der Waals surface area contributed by atoms with Crippen LogP contribution in [0.3, 0.4) is 0 Å². The van der Waals surface area contributed by atoms with Gasteiger partial charge in [0, 0.05) is 26.6 Å². The molecule has 0 unspecified atom stereocenters. The van der Waals surface area contributed by atoms with Gasteiger partial charge < -0.3 is 9.47 Å². The summed E-state index contributed by atoms with van der Waals surface area (Å²) < 4.78 is 13.6. The molecule has 0 amide bonds. The number of ether oxygens (including phenoxy) is 2. The predicted octanol–water partition coefficient (Wildman–Crippen LogP) is 1.82. The zero-order valence-electron chi connectivity index (χ0n) is 14.7. The topological polar surface area (TPSA) is 88.2 Å². The van der Waals surface area contributed by atoms with Crippen molar-refractivity contribution in [2.45, 2.75) is 39.1 Å². The summed E-state index contributed by atoms with van der Waals surface area (Å²) in [7, 11) is 3.08. The van der Waals surface area contributed by atoms with Gasteiger partial charge in [-0.2, -0.15) is 10.2 Å². The van der Waals surface area contributed by atoms with Gasteiger partial charge in [0.2, 0.25) is 11.6 Å². The molecular weight excluding hydrogens is 312 g/mol. The first-order valence-corrected chi connectivity index (χ1v) is 7.42. The first-order valence-electron chi connectivity index (χ1n) is 7.42. The molecule has 24 heavy (non-hydrogen) atoms. The summed E-state index contributed by atoms with van der Waals surface area (Å²) in [4.78, 5) is 24.8. The van der Waals surface area contributed by atoms with Crippen molar-refractivity contribution in [1.82, 2.24) is 19.6 Å². The van der Waals surface area contributed by atoms with Crippen molar-refractivity contribution in [2.75, 3.05) is 14.2 Å². The second kappa shape index (κ2) is 6.29. The fourth-order valence-electron chi connectivity index (χ4n) is 1.92. The van der Waals surface area contributed by atoms with Gasteiger partial charge in [-0.1, -0.05) is 0 Å². The number of ketones is 2. The minimum absolute atomic E-state index is 0.198. The third kappa shape index (κ3) is 3.29. The van der Waals surface area contributed by atoms with Gasteiger partial charge in [0.25, 0.3) is 0 Å². The molecule has 8 heteroatoms. The molecule has 2 heterocycles. The second-order valence-corrected chi connectivity index (χ2v) is 6.31. The third-order valence-corrected chi connectivity index (χ3v) is 4.00. The van der Waals surface area contributed by atoms with E-state index in [1.165, 1.54) is 34.2 Å². The quantitative estimate of drug-likeness (QED) is 0.567. The van der Waals surface area contributed by atoms with Crippen LogP contribution in [0.15, 0.2) is 24.8 Å². The van der Waals surface area contributed by atoms with E-state index >= 15 is 0 Å². The number of carbonyl (C=O) groups excluding carboxylic acids is 2. The van der Waals surface area contributed by atoms with Gasteiger partial charge in [0.15, 0.2) is 11.4 Å². The molecule has 2 aromatic heterocycles. The van der Waals surface area contributed by atoms with Crippen molar-refractivity contribution >= 4 is 11.6 Å². The van der Waals surface area contributed by atoms with Crippen molar-refractivity contribution in [3.05, 3.63) is 35.9 Å². The van der Waals surface area contributed by atoms with E-state index in [1.807, 2.05) is 0 Å². The molecule has 0 aliphatic carbocycles. The number of rotatable bonds is 7. The van der Waals surface area contributed by atoms with Crippen LogP contribution in [0.4, 0.5) is 0 Å². The summed E-state index contributed by atoms with van der Waals surface area (Å²) in [6.07, 6.45) is 5.69. The summed E-state index contributed by atoms with van der Waals surface area (Å²) in [5.41, 5.74) is -1.03. The molecule has 0 saturated carbocycles. The lowest BCUT2D eigenvalue weighted by molar-refractivity contribution is -0.0551. The van der Waals surface area contributed by atoms with Crippen LogP contribution in [-0.2, 0) is 20.9 Å². The van der Waals surface area contributed by atoms with Gasteiger partial charge >= 0.3 is 0 Å². The third-order valence-electron chi connectivity index (χ3n) is 4.00. The summed E-state index contributed by atoms with van der Waals surface area (Å²) in [5, 5.41) is 8.18. The van der Waals surface area contributed by atoms with Gasteiger partial charge in [0.1, 0.15) is 0 Å². The number of nitrogens with zero attached hydrogens (tertiary/aromatic N) is 4. The molecule has 8 nitrogen and oxygen atoms in total. The highest BCUT2D eigenvalue weighted by molar-refractivity contribution is 6.49. The maximum atomic E-state index is 12.4. The lowest BCUT2D eigenvalue weighted by Gasteiger charge is -2.23. The maximum absolute atomic E-state index is 12.4. The largest absolute Gasteiger partial charge is 0.358 e. The number of hydrogen-bond acceptors (Lipinski definition) is 6. The van der Waals surface area contributed by atoms with Crippen molar-refractivity contribution < 1.29 is 19.1 Å². The van der Waals surface area contributed by atoms with Gasteiger partial charge in [-0.3, -0.25) is 9.59 Å². The van der Waals surface area contributed by atoms with Crippen LogP contribution < -0.4 is 0 Å². The van der Waals surface area contributed by atoms with Crippen LogP contribution in [0, 0.1) is 0 Å². The summed E-state index contributed by atoms with van der Waals surface area (Å²) in [5.74, 6) is -1.30. The molecule has 0 saturated heterocycles. The van der Waals surface area contributed by atoms with E-state index in [0.29, 0.717) is 0 Å². The van der Waals surface area contributed by atoms with E-state index in [0.717, 1.165) is 0 Å². The summed E-state index contributed by atoms with van der Waals surface area (Å²) >= 11 is 0. The molecule has 0 bridgehead atoms. The first-order chi connectivity index (χ1) is 11.1. The minimum atomic E-state index is -0.713. The van der Waals surface area contributed by atoms with Gasteiger partial charge in [-0.15, -0.1) is 0 Å². The predicted molar refractivity (Wildman–Crippen MR) is 85.8 cm³/mol. The molecule has 130 valence electrons. The van der Waals surface area contributed by atoms with E-state index < -0.39 is 23.0 Å². The highest BCUT2D eigenvalue weighted by Crippen LogP contribution is 2.18. The van der Waals surface area contributed by atoms with Crippen molar-refractivity contribution in [3.63, 3.8) is 0 Å². The Morgan fingerprint density at radius 1 is 0.833 bits per heavy atom. The number of carbonyl (C=O) groups is 2. The molecule has 0 fully saturated rings. The SMILES string of the molecule is COC(C)(C)n1cc(C(=O)C(=O)c2cnn(C(C)(C)OC)c2)cn1. The van der Waals surface area contributed by atoms with E-state index in [-0.39, 0.29) is 11.1 Å². The molecule has 0 aromatic carbocycles. The van der Waals surface area contributed by atoms with Crippen molar-refractivity contribution in [3.8, 4) is 0 Å². The minimum Gasteiger partial charge on any atom is -0.358 e. The Balaban J connectivity index is 2.23. The lowest BCUT2D eigenvalue weighted by Crippen LogP contribution is -2.29. The Morgan fingerprint density at radius 3 is 1.46 bits per heavy atom. The Bertz CT molecular complexity index is 693. The molecule has 0 atom stereocenters. The highest BCUT2D eigenvalue weighted by Gasteiger charge is 2.27. The molecule has 0 aliphatic rings. The monoisotopic (exact) mass is 334 g/mol. The Labute approximate surface area is 140 Å². The van der Waals surface area contributed by atoms with Gasteiger partial charge in [-0.25, -0.2) is 9.36 Å². The average Bonchev–Trinajstić information content (AvgIpc) is 3.23. The van der Waals surface area contributed by atoms with Crippen molar-refractivity contribution in [2.24, 2.45) is 0 Å². The van der Waals surface area contributed by atoms with Gasteiger partial charge in [-0.05, 0) is 27.7 Å². The van der Waals surface area contributed by atoms with Crippen LogP contribution in [0.25, 0.3) is 0 Å². The van der Waals surface area contributed by atoms with Crippen LogP contribution >= 0.6 is 0 Å². The highest BCUT2D eigenvalue weighted by atomic mass is 16.5. The molecule has 2 rings (SSSR count). The standard InChI is InChI=1S/C16H22N4O4/c1-15(2,23-5)19-9-11(7-17-19)13(21)14(22)12-8-18-20(10-12)16(3,4)24-6/h7-10H,1-6H3. The smallest absolute Gasteiger partial charge is 0.236 e. The Hall–Kier alpha value is -2.32. The molecule has 0 spiro atoms. The van der Waals surface area contributed by atoms with Crippen LogP contribution in [0.2, 0.25) is 0 Å². The lowest BCUT2D eigenvalue weighted by atomic mass is 10.1. The summed E-state index contributed by atoms with van der Waals surface area (Å²) in [6, 6.07) is 0. The number of methoxy groups -OCH3 is 2. The summed E-state index contributed by atoms with van der Waals surface area (Å²) in [6.45, 7) is 7.19. The zero-order valence-corrected chi connectivity index (χ0v) is 14.7. The van der Waals surface area contributed by atoms with E-state index in [4.69, 9.17) is 9.47 Å². The Kier molecular flexibility index (Phi) is 4.73. The van der Waals surface area contributed by atoms with E-state index in [9.17, 15) is 9.59 Å². The average molecular weight is 334 g/mol. The second-order valence-electron chi connectivity index (χ2n) is 6.31. The Morgan fingerprint density at radius 2 is 1.17 bits per heavy atom. The van der Waals surface area contributed by atoms with E-state index in [2.05, 4.69) is 10.2 Å². The first kappa shape index (κ1) is 18.0. The molecule has 2 aromatic rings. The number of hydrogen-bond donors (Lipinski definition) is 0. The molecule has 0 radical (unpaired) electrons. The zero-order chi connectivity index (χ0) is 18.1. The normalized spacial score (nSPS) is 12.4. The fraction of sp³-hybridized carbons (Fsp3) is 0.500.